The topological polar surface area (TPSA) is 92.8 Å². The van der Waals surface area contributed by atoms with Crippen molar-refractivity contribution in [2.24, 2.45) is 5.73 Å². The van der Waals surface area contributed by atoms with Crippen LogP contribution in [0.3, 0.4) is 0 Å². The lowest BCUT2D eigenvalue weighted by Crippen LogP contribution is -2.19. The van der Waals surface area contributed by atoms with E-state index in [2.05, 4.69) is 0 Å². The molecule has 0 saturated carbocycles. The molecule has 1 aromatic carbocycles. The van der Waals surface area contributed by atoms with Crippen molar-refractivity contribution in [3.63, 3.8) is 0 Å². The molecule has 0 aromatic heterocycles. The van der Waals surface area contributed by atoms with E-state index in [-0.39, 0.29) is 0 Å². The molecule has 0 amide bonds. The van der Waals surface area contributed by atoms with Gasteiger partial charge in [-0.15, -0.1) is 0 Å². The zero-order valence-electron chi connectivity index (χ0n) is 10.9. The molecule has 4 N–H and O–H groups in total. The number of benzene rings is 1. The maximum Gasteiger partial charge on any atom is 0.342 e. The summed E-state index contributed by atoms with van der Waals surface area (Å²) in [5, 5.41) is 0. The average Bonchev–Trinajstić information content (AvgIpc) is 2.37. The molecule has 6 heteroatoms. The molecule has 1 unspecified atom stereocenters. The van der Waals surface area contributed by atoms with Gasteiger partial charge in [0.05, 0.1) is 6.61 Å². The molecule has 19 heavy (non-hydrogen) atoms. The third-order valence-electron chi connectivity index (χ3n) is 2.84. The van der Waals surface area contributed by atoms with Crippen LogP contribution in [0.4, 0.5) is 0 Å². The third kappa shape index (κ3) is 7.33. The molecule has 0 radical (unpaired) electrons. The Morgan fingerprint density at radius 1 is 1.11 bits per heavy atom. The van der Waals surface area contributed by atoms with Gasteiger partial charge >= 0.3 is 7.60 Å². The first kappa shape index (κ1) is 16.2. The van der Waals surface area contributed by atoms with Gasteiger partial charge in [-0.3, -0.25) is 4.57 Å². The second kappa shape index (κ2) is 8.33. The minimum Gasteiger partial charge on any atom is -0.494 e. The van der Waals surface area contributed by atoms with Gasteiger partial charge in [0.15, 0.2) is 0 Å². The highest BCUT2D eigenvalue weighted by molar-refractivity contribution is 7.52. The van der Waals surface area contributed by atoms with Gasteiger partial charge < -0.3 is 20.3 Å². The van der Waals surface area contributed by atoms with Crippen molar-refractivity contribution in [3.8, 4) is 5.75 Å². The SMILES string of the molecule is NC(CCCCCCOc1ccccc1)P(=O)(O)O. The summed E-state index contributed by atoms with van der Waals surface area (Å²) in [4.78, 5) is 17.6. The Morgan fingerprint density at radius 2 is 1.74 bits per heavy atom. The fraction of sp³-hybridized carbons (Fsp3) is 0.538. The Labute approximate surface area is 113 Å². The maximum absolute atomic E-state index is 10.8. The van der Waals surface area contributed by atoms with Crippen LogP contribution in [0.2, 0.25) is 0 Å². The molecular formula is C13H22NO4P. The molecule has 5 nitrogen and oxygen atoms in total. The molecule has 0 aliphatic rings. The first-order valence-corrected chi connectivity index (χ1v) is 8.17. The Hall–Kier alpha value is -0.870. The van der Waals surface area contributed by atoms with E-state index in [1.54, 1.807) is 0 Å². The van der Waals surface area contributed by atoms with Crippen molar-refractivity contribution in [2.45, 2.75) is 37.9 Å². The standard InChI is InChI=1S/C13H22NO4P/c14-13(19(15,16)17)10-6-1-2-7-11-18-12-8-4-3-5-9-12/h3-5,8-9,13H,1-2,6-7,10-11,14H2,(H2,15,16,17). The summed E-state index contributed by atoms with van der Waals surface area (Å²) in [6.45, 7) is 0.661. The van der Waals surface area contributed by atoms with E-state index in [0.29, 0.717) is 13.0 Å². The lowest BCUT2D eigenvalue weighted by molar-refractivity contribution is 0.303. The van der Waals surface area contributed by atoms with Gasteiger partial charge in [0.25, 0.3) is 0 Å². The normalized spacial score (nSPS) is 13.2. The van der Waals surface area contributed by atoms with Crippen molar-refractivity contribution >= 4 is 7.60 Å². The zero-order chi connectivity index (χ0) is 14.1. The monoisotopic (exact) mass is 287 g/mol. The van der Waals surface area contributed by atoms with Gasteiger partial charge in [0, 0.05) is 0 Å². The van der Waals surface area contributed by atoms with E-state index in [1.165, 1.54) is 0 Å². The predicted molar refractivity (Wildman–Crippen MR) is 75.0 cm³/mol. The smallest absolute Gasteiger partial charge is 0.342 e. The van der Waals surface area contributed by atoms with E-state index in [1.807, 2.05) is 30.3 Å². The highest BCUT2D eigenvalue weighted by atomic mass is 31.2. The van der Waals surface area contributed by atoms with Crippen LogP contribution in [0.15, 0.2) is 30.3 Å². The summed E-state index contributed by atoms with van der Waals surface area (Å²) in [7, 11) is -4.11. The van der Waals surface area contributed by atoms with Crippen LogP contribution in [0.25, 0.3) is 0 Å². The highest BCUT2D eigenvalue weighted by Crippen LogP contribution is 2.40. The van der Waals surface area contributed by atoms with Crippen molar-refractivity contribution in [1.29, 1.82) is 0 Å². The van der Waals surface area contributed by atoms with Gasteiger partial charge in [0.2, 0.25) is 0 Å². The Balaban J connectivity index is 1.99. The first-order chi connectivity index (χ1) is 9.00. The number of ether oxygens (including phenoxy) is 1. The molecule has 1 aromatic rings. The predicted octanol–water partition coefficient (Wildman–Crippen LogP) is 2.48. The summed E-state index contributed by atoms with van der Waals surface area (Å²) in [5.74, 6) is -0.154. The number of rotatable bonds is 9. The summed E-state index contributed by atoms with van der Waals surface area (Å²) in [5.41, 5.74) is 5.38. The van der Waals surface area contributed by atoms with Crippen molar-refractivity contribution in [1.82, 2.24) is 0 Å². The number of hydrogen-bond acceptors (Lipinski definition) is 3. The number of hydrogen-bond donors (Lipinski definition) is 3. The molecule has 0 aliphatic carbocycles. The van der Waals surface area contributed by atoms with Gasteiger partial charge in [-0.05, 0) is 25.0 Å². The maximum atomic E-state index is 10.8. The molecule has 1 atom stereocenters. The minimum absolute atomic E-state index is 0.365. The third-order valence-corrected chi connectivity index (χ3v) is 3.96. The van der Waals surface area contributed by atoms with Gasteiger partial charge in [0.1, 0.15) is 11.5 Å². The molecule has 0 bridgehead atoms. The van der Waals surface area contributed by atoms with Gasteiger partial charge in [-0.25, -0.2) is 0 Å². The molecular weight excluding hydrogens is 265 g/mol. The summed E-state index contributed by atoms with van der Waals surface area (Å²) in [6, 6.07) is 9.63. The quantitative estimate of drug-likeness (QED) is 0.479. The summed E-state index contributed by atoms with van der Waals surface area (Å²) >= 11 is 0. The molecule has 0 aliphatic heterocycles. The molecule has 0 fully saturated rings. The lowest BCUT2D eigenvalue weighted by Gasteiger charge is -2.12. The fourth-order valence-corrected chi connectivity index (χ4v) is 2.20. The van der Waals surface area contributed by atoms with Crippen molar-refractivity contribution in [3.05, 3.63) is 30.3 Å². The largest absolute Gasteiger partial charge is 0.494 e. The van der Waals surface area contributed by atoms with Crippen LogP contribution in [0, 0.1) is 0 Å². The van der Waals surface area contributed by atoms with Gasteiger partial charge in [-0.2, -0.15) is 0 Å². The van der Waals surface area contributed by atoms with E-state index in [9.17, 15) is 4.57 Å². The second-order valence-electron chi connectivity index (χ2n) is 4.52. The van der Waals surface area contributed by atoms with Crippen LogP contribution in [-0.4, -0.2) is 22.2 Å². The van der Waals surface area contributed by atoms with Gasteiger partial charge in [-0.1, -0.05) is 37.5 Å². The van der Waals surface area contributed by atoms with Crippen LogP contribution >= 0.6 is 7.60 Å². The van der Waals surface area contributed by atoms with Crippen molar-refractivity contribution in [2.75, 3.05) is 6.61 Å². The second-order valence-corrected chi connectivity index (χ2v) is 6.36. The molecule has 0 saturated heterocycles. The Kier molecular flexibility index (Phi) is 7.10. The summed E-state index contributed by atoms with van der Waals surface area (Å²) < 4.78 is 16.3. The molecule has 0 spiro atoms. The first-order valence-electron chi connectivity index (χ1n) is 6.49. The molecule has 108 valence electrons. The zero-order valence-corrected chi connectivity index (χ0v) is 11.8. The van der Waals surface area contributed by atoms with E-state index in [4.69, 9.17) is 20.3 Å². The van der Waals surface area contributed by atoms with Crippen LogP contribution in [-0.2, 0) is 4.57 Å². The number of unbranched alkanes of at least 4 members (excludes halogenated alkanes) is 3. The molecule has 0 heterocycles. The molecule has 1 rings (SSSR count). The van der Waals surface area contributed by atoms with Crippen molar-refractivity contribution < 1.29 is 19.1 Å². The fourth-order valence-electron chi connectivity index (χ4n) is 1.68. The average molecular weight is 287 g/mol. The van der Waals surface area contributed by atoms with Crippen LogP contribution in [0.5, 0.6) is 5.75 Å². The highest BCUT2D eigenvalue weighted by Gasteiger charge is 2.23. The Bertz CT molecular complexity index is 393. The number of nitrogens with two attached hydrogens (primary N) is 1. The lowest BCUT2D eigenvalue weighted by atomic mass is 10.1. The number of para-hydroxylation sites is 1. The summed E-state index contributed by atoms with van der Waals surface area (Å²) in [6.07, 6.45) is 3.91. The van der Waals surface area contributed by atoms with E-state index in [0.717, 1.165) is 31.4 Å². The van der Waals surface area contributed by atoms with E-state index >= 15 is 0 Å². The Morgan fingerprint density at radius 3 is 2.37 bits per heavy atom. The van der Waals surface area contributed by atoms with E-state index < -0.39 is 13.4 Å². The van der Waals surface area contributed by atoms with Crippen LogP contribution < -0.4 is 10.5 Å². The minimum atomic E-state index is -4.11. The van der Waals surface area contributed by atoms with Crippen LogP contribution in [0.1, 0.15) is 32.1 Å².